The van der Waals surface area contributed by atoms with E-state index in [-0.39, 0.29) is 18.1 Å². The molecule has 0 saturated carbocycles. The molecule has 5 heteroatoms. The van der Waals surface area contributed by atoms with E-state index in [0.717, 1.165) is 13.1 Å². The first-order valence-electron chi connectivity index (χ1n) is 8.72. The van der Waals surface area contributed by atoms with E-state index in [1.165, 1.54) is 18.2 Å². The number of hydrogen-bond donors (Lipinski definition) is 0. The summed E-state index contributed by atoms with van der Waals surface area (Å²) in [7, 11) is 1.38. The minimum atomic E-state index is -0.348. The molecule has 26 heavy (non-hydrogen) atoms. The average Bonchev–Trinajstić information content (AvgIpc) is 3.14. The molecule has 1 aromatic heterocycles. The summed E-state index contributed by atoms with van der Waals surface area (Å²) in [6, 6.07) is 21.6. The van der Waals surface area contributed by atoms with Gasteiger partial charge in [-0.1, -0.05) is 60.7 Å². The zero-order valence-electron chi connectivity index (χ0n) is 14.7. The van der Waals surface area contributed by atoms with Gasteiger partial charge in [0.25, 0.3) is 0 Å². The molecule has 1 aliphatic heterocycles. The molecule has 1 aliphatic rings. The van der Waals surface area contributed by atoms with Gasteiger partial charge in [0.2, 0.25) is 0 Å². The Balaban J connectivity index is 1.53. The maximum absolute atomic E-state index is 11.6. The summed E-state index contributed by atoms with van der Waals surface area (Å²) >= 11 is 0. The Labute approximate surface area is 152 Å². The van der Waals surface area contributed by atoms with Crippen LogP contribution in [0.5, 0.6) is 0 Å². The SMILES string of the molecule is COC(=O)c1cnn(C2CN(C(c3ccccc3)c3ccccc3)C2)c1. The topological polar surface area (TPSA) is 47.4 Å². The monoisotopic (exact) mass is 347 g/mol. The number of methoxy groups -OCH3 is 1. The fraction of sp³-hybridized carbons (Fsp3) is 0.238. The Bertz CT molecular complexity index is 831. The van der Waals surface area contributed by atoms with Crippen molar-refractivity contribution in [1.29, 1.82) is 0 Å². The van der Waals surface area contributed by atoms with Gasteiger partial charge in [-0.3, -0.25) is 9.58 Å². The number of esters is 1. The third kappa shape index (κ3) is 3.13. The fourth-order valence-electron chi connectivity index (χ4n) is 3.51. The molecule has 0 spiro atoms. The van der Waals surface area contributed by atoms with Crippen LogP contribution in [0, 0.1) is 0 Å². The first-order chi connectivity index (χ1) is 12.8. The van der Waals surface area contributed by atoms with Crippen LogP contribution in [0.15, 0.2) is 73.1 Å². The van der Waals surface area contributed by atoms with Crippen molar-refractivity contribution in [2.75, 3.05) is 20.2 Å². The number of carbonyl (C=O) groups is 1. The van der Waals surface area contributed by atoms with Crippen LogP contribution in [0.4, 0.5) is 0 Å². The van der Waals surface area contributed by atoms with Crippen molar-refractivity contribution in [3.8, 4) is 0 Å². The molecule has 4 rings (SSSR count). The zero-order valence-corrected chi connectivity index (χ0v) is 14.7. The third-order valence-electron chi connectivity index (χ3n) is 4.88. The predicted molar refractivity (Wildman–Crippen MR) is 98.9 cm³/mol. The van der Waals surface area contributed by atoms with Crippen molar-refractivity contribution in [3.05, 3.63) is 89.7 Å². The Morgan fingerprint density at radius 1 is 1.04 bits per heavy atom. The van der Waals surface area contributed by atoms with E-state index in [2.05, 4.69) is 58.5 Å². The Kier molecular flexibility index (Phi) is 4.54. The average molecular weight is 347 g/mol. The van der Waals surface area contributed by atoms with E-state index in [1.54, 1.807) is 12.4 Å². The molecule has 0 N–H and O–H groups in total. The van der Waals surface area contributed by atoms with Crippen LogP contribution >= 0.6 is 0 Å². The second-order valence-corrected chi connectivity index (χ2v) is 6.53. The van der Waals surface area contributed by atoms with Crippen LogP contribution in [0.2, 0.25) is 0 Å². The molecule has 5 nitrogen and oxygen atoms in total. The highest BCUT2D eigenvalue weighted by molar-refractivity contribution is 5.88. The van der Waals surface area contributed by atoms with E-state index >= 15 is 0 Å². The standard InChI is InChI=1S/C21H21N3O2/c1-26-21(25)18-12-22-24(13-18)19-14-23(15-19)20(16-8-4-2-5-9-16)17-10-6-3-7-11-17/h2-13,19-20H,14-15H2,1H3. The van der Waals surface area contributed by atoms with E-state index in [1.807, 2.05) is 16.8 Å². The molecule has 0 radical (unpaired) electrons. The van der Waals surface area contributed by atoms with Crippen molar-refractivity contribution < 1.29 is 9.53 Å². The molecule has 3 aromatic rings. The summed E-state index contributed by atoms with van der Waals surface area (Å²) in [5, 5.41) is 4.34. The minimum Gasteiger partial charge on any atom is -0.465 e. The lowest BCUT2D eigenvalue weighted by atomic mass is 9.93. The summed E-state index contributed by atoms with van der Waals surface area (Å²) in [6.07, 6.45) is 3.34. The summed E-state index contributed by atoms with van der Waals surface area (Å²) in [6.45, 7) is 1.77. The minimum absolute atomic E-state index is 0.226. The number of rotatable bonds is 5. The molecule has 0 atom stereocenters. The van der Waals surface area contributed by atoms with Crippen LogP contribution in [0.3, 0.4) is 0 Å². The van der Waals surface area contributed by atoms with Gasteiger partial charge in [-0.2, -0.15) is 5.10 Å². The van der Waals surface area contributed by atoms with E-state index in [0.29, 0.717) is 5.56 Å². The lowest BCUT2D eigenvalue weighted by Crippen LogP contribution is -2.49. The molecule has 1 saturated heterocycles. The van der Waals surface area contributed by atoms with Gasteiger partial charge in [-0.25, -0.2) is 4.79 Å². The Morgan fingerprint density at radius 3 is 2.15 bits per heavy atom. The summed E-state index contributed by atoms with van der Waals surface area (Å²) < 4.78 is 6.62. The number of ether oxygens (including phenoxy) is 1. The normalized spacial score (nSPS) is 15.0. The smallest absolute Gasteiger partial charge is 0.341 e. The van der Waals surface area contributed by atoms with Gasteiger partial charge in [0, 0.05) is 19.3 Å². The summed E-state index contributed by atoms with van der Waals surface area (Å²) in [4.78, 5) is 14.1. The molecule has 1 fully saturated rings. The maximum atomic E-state index is 11.6. The molecule has 0 unspecified atom stereocenters. The lowest BCUT2D eigenvalue weighted by molar-refractivity contribution is 0.0596. The van der Waals surface area contributed by atoms with Crippen LogP contribution in [0.25, 0.3) is 0 Å². The Morgan fingerprint density at radius 2 is 1.62 bits per heavy atom. The van der Waals surface area contributed by atoms with Crippen molar-refractivity contribution in [1.82, 2.24) is 14.7 Å². The maximum Gasteiger partial charge on any atom is 0.341 e. The van der Waals surface area contributed by atoms with Gasteiger partial charge in [0.1, 0.15) is 0 Å². The molecule has 2 aromatic carbocycles. The summed E-state index contributed by atoms with van der Waals surface area (Å²) in [5.41, 5.74) is 3.06. The number of benzene rings is 2. The summed E-state index contributed by atoms with van der Waals surface area (Å²) in [5.74, 6) is -0.348. The molecular weight excluding hydrogens is 326 g/mol. The quantitative estimate of drug-likeness (QED) is 0.664. The molecule has 0 bridgehead atoms. The second-order valence-electron chi connectivity index (χ2n) is 6.53. The first-order valence-corrected chi connectivity index (χ1v) is 8.72. The van der Waals surface area contributed by atoms with Crippen LogP contribution in [-0.2, 0) is 4.74 Å². The van der Waals surface area contributed by atoms with Gasteiger partial charge in [-0.15, -0.1) is 0 Å². The highest BCUT2D eigenvalue weighted by Gasteiger charge is 2.35. The van der Waals surface area contributed by atoms with Gasteiger partial charge in [0.05, 0.1) is 31.0 Å². The van der Waals surface area contributed by atoms with E-state index in [4.69, 9.17) is 4.74 Å². The van der Waals surface area contributed by atoms with Crippen molar-refractivity contribution in [3.63, 3.8) is 0 Å². The lowest BCUT2D eigenvalue weighted by Gasteiger charge is -2.44. The Hall–Kier alpha value is -2.92. The largest absolute Gasteiger partial charge is 0.465 e. The fourth-order valence-corrected chi connectivity index (χ4v) is 3.51. The predicted octanol–water partition coefficient (Wildman–Crippen LogP) is 3.32. The highest BCUT2D eigenvalue weighted by Crippen LogP contribution is 2.35. The van der Waals surface area contributed by atoms with Crippen LogP contribution in [0.1, 0.15) is 33.6 Å². The van der Waals surface area contributed by atoms with Gasteiger partial charge >= 0.3 is 5.97 Å². The first kappa shape index (κ1) is 16.5. The van der Waals surface area contributed by atoms with Crippen molar-refractivity contribution in [2.45, 2.75) is 12.1 Å². The molecule has 0 aliphatic carbocycles. The number of hydrogen-bond acceptors (Lipinski definition) is 4. The molecule has 2 heterocycles. The number of carbonyl (C=O) groups excluding carboxylic acids is 1. The van der Waals surface area contributed by atoms with Gasteiger partial charge in [-0.05, 0) is 11.1 Å². The number of nitrogens with zero attached hydrogens (tertiary/aromatic N) is 3. The molecule has 0 amide bonds. The van der Waals surface area contributed by atoms with Crippen LogP contribution < -0.4 is 0 Å². The van der Waals surface area contributed by atoms with Gasteiger partial charge in [0.15, 0.2) is 0 Å². The van der Waals surface area contributed by atoms with E-state index < -0.39 is 0 Å². The number of aromatic nitrogens is 2. The molecular formula is C21H21N3O2. The third-order valence-corrected chi connectivity index (χ3v) is 4.88. The van der Waals surface area contributed by atoms with Crippen LogP contribution in [-0.4, -0.2) is 40.8 Å². The van der Waals surface area contributed by atoms with Gasteiger partial charge < -0.3 is 4.74 Å². The van der Waals surface area contributed by atoms with Crippen molar-refractivity contribution in [2.24, 2.45) is 0 Å². The zero-order chi connectivity index (χ0) is 17.9. The highest BCUT2D eigenvalue weighted by atomic mass is 16.5. The van der Waals surface area contributed by atoms with E-state index in [9.17, 15) is 4.79 Å². The number of likely N-dealkylation sites (tertiary alicyclic amines) is 1. The second kappa shape index (κ2) is 7.14. The molecule has 132 valence electrons. The van der Waals surface area contributed by atoms with Crippen molar-refractivity contribution >= 4 is 5.97 Å².